The molecule has 0 bridgehead atoms. The van der Waals surface area contributed by atoms with Crippen LogP contribution in [0, 0.1) is 0 Å². The number of carbonyl (C=O) groups excluding carboxylic acids is 1. The Labute approximate surface area is 130 Å². The first-order valence-electron chi connectivity index (χ1n) is 7.33. The molecule has 6 heteroatoms. The largest absolute Gasteiger partial charge is 0.496 e. The summed E-state index contributed by atoms with van der Waals surface area (Å²) in [5, 5.41) is 2.96. The molecule has 1 aliphatic heterocycles. The molecule has 0 aromatic heterocycles. The van der Waals surface area contributed by atoms with Gasteiger partial charge in [-0.15, -0.1) is 0 Å². The molecule has 1 heterocycles. The summed E-state index contributed by atoms with van der Waals surface area (Å²) in [7, 11) is 4.58. The van der Waals surface area contributed by atoms with Gasteiger partial charge in [-0.2, -0.15) is 0 Å². The lowest BCUT2D eigenvalue weighted by molar-refractivity contribution is 0.0710. The molecule has 0 unspecified atom stereocenters. The van der Waals surface area contributed by atoms with E-state index in [9.17, 15) is 4.79 Å². The lowest BCUT2D eigenvalue weighted by Crippen LogP contribution is -2.40. The van der Waals surface area contributed by atoms with E-state index in [2.05, 4.69) is 5.32 Å². The quantitative estimate of drug-likeness (QED) is 0.871. The van der Waals surface area contributed by atoms with Gasteiger partial charge >= 0.3 is 0 Å². The predicted molar refractivity (Wildman–Crippen MR) is 82.0 cm³/mol. The number of benzene rings is 1. The third-order valence-corrected chi connectivity index (χ3v) is 3.83. The minimum Gasteiger partial charge on any atom is -0.496 e. The average Bonchev–Trinajstić information content (AvgIpc) is 3.07. The van der Waals surface area contributed by atoms with Gasteiger partial charge in [-0.3, -0.25) is 4.79 Å². The Morgan fingerprint density at radius 1 is 1.18 bits per heavy atom. The number of ether oxygens (including phenoxy) is 4. The van der Waals surface area contributed by atoms with Gasteiger partial charge in [0, 0.05) is 18.7 Å². The Hall–Kier alpha value is -1.95. The zero-order valence-electron chi connectivity index (χ0n) is 13.5. The Kier molecular flexibility index (Phi) is 5.49. The molecular weight excluding hydrogens is 286 g/mol. The fraction of sp³-hybridized carbons (Fsp3) is 0.562. The molecule has 2 rings (SSSR count). The predicted octanol–water partition coefficient (Wildman–Crippen LogP) is 2.01. The van der Waals surface area contributed by atoms with Crippen molar-refractivity contribution < 1.29 is 23.7 Å². The molecule has 22 heavy (non-hydrogen) atoms. The first kappa shape index (κ1) is 16.4. The van der Waals surface area contributed by atoms with Crippen LogP contribution >= 0.6 is 0 Å². The summed E-state index contributed by atoms with van der Waals surface area (Å²) in [4.78, 5) is 12.5. The van der Waals surface area contributed by atoms with Gasteiger partial charge in [0.15, 0.2) is 11.5 Å². The number of methoxy groups -OCH3 is 3. The summed E-state index contributed by atoms with van der Waals surface area (Å²) in [6.07, 6.45) is 2.06. The normalized spacial score (nSPS) is 18.6. The van der Waals surface area contributed by atoms with Crippen LogP contribution in [0.5, 0.6) is 17.2 Å². The van der Waals surface area contributed by atoms with Crippen LogP contribution in [0.2, 0.25) is 0 Å². The molecule has 1 aromatic carbocycles. The number of carbonyl (C=O) groups is 1. The summed E-state index contributed by atoms with van der Waals surface area (Å²) in [6, 6.07) is 3.20. The molecule has 1 fully saturated rings. The highest BCUT2D eigenvalue weighted by atomic mass is 16.5. The summed E-state index contributed by atoms with van der Waals surface area (Å²) < 4.78 is 21.4. The van der Waals surface area contributed by atoms with Crippen molar-refractivity contribution in [1.82, 2.24) is 5.32 Å². The maximum absolute atomic E-state index is 12.5. The van der Waals surface area contributed by atoms with Crippen LogP contribution < -0.4 is 19.5 Å². The van der Waals surface area contributed by atoms with E-state index in [1.54, 1.807) is 12.1 Å². The topological polar surface area (TPSA) is 66.0 Å². The number of hydrogen-bond acceptors (Lipinski definition) is 5. The molecule has 0 saturated carbocycles. The van der Waals surface area contributed by atoms with Crippen molar-refractivity contribution in [3.8, 4) is 17.2 Å². The highest BCUT2D eigenvalue weighted by Crippen LogP contribution is 2.34. The first-order chi connectivity index (χ1) is 10.6. The third-order valence-electron chi connectivity index (χ3n) is 3.83. The van der Waals surface area contributed by atoms with Crippen molar-refractivity contribution in [3.63, 3.8) is 0 Å². The molecule has 1 amide bonds. The van der Waals surface area contributed by atoms with Crippen molar-refractivity contribution in [2.45, 2.75) is 31.9 Å². The molecule has 2 atom stereocenters. The number of rotatable bonds is 6. The van der Waals surface area contributed by atoms with Crippen molar-refractivity contribution >= 4 is 5.91 Å². The van der Waals surface area contributed by atoms with Gasteiger partial charge in [-0.1, -0.05) is 0 Å². The second-order valence-electron chi connectivity index (χ2n) is 5.22. The fourth-order valence-corrected chi connectivity index (χ4v) is 2.58. The fourth-order valence-electron chi connectivity index (χ4n) is 2.58. The van der Waals surface area contributed by atoms with Gasteiger partial charge < -0.3 is 24.3 Å². The van der Waals surface area contributed by atoms with Crippen molar-refractivity contribution in [2.75, 3.05) is 27.9 Å². The van der Waals surface area contributed by atoms with Crippen LogP contribution in [0.15, 0.2) is 12.1 Å². The van der Waals surface area contributed by atoms with Crippen molar-refractivity contribution in [1.29, 1.82) is 0 Å². The maximum atomic E-state index is 12.5. The monoisotopic (exact) mass is 309 g/mol. The van der Waals surface area contributed by atoms with Gasteiger partial charge in [0.05, 0.1) is 39.0 Å². The van der Waals surface area contributed by atoms with E-state index in [4.69, 9.17) is 18.9 Å². The van der Waals surface area contributed by atoms with E-state index < -0.39 is 0 Å². The zero-order chi connectivity index (χ0) is 16.1. The molecule has 1 aliphatic rings. The maximum Gasteiger partial charge on any atom is 0.255 e. The minimum atomic E-state index is -0.221. The standard InChI is InChI=1S/C16H23NO5/c1-10(12-6-5-7-22-12)17-16(18)11-8-14(20-3)15(21-4)9-13(11)19-2/h8-10,12H,5-7H2,1-4H3,(H,17,18)/t10-,12-/m0/s1. The summed E-state index contributed by atoms with van der Waals surface area (Å²) in [5.41, 5.74) is 0.407. The van der Waals surface area contributed by atoms with E-state index in [-0.39, 0.29) is 18.1 Å². The van der Waals surface area contributed by atoms with Crippen LogP contribution in [0.4, 0.5) is 0 Å². The van der Waals surface area contributed by atoms with Gasteiger partial charge in [0.25, 0.3) is 5.91 Å². The molecule has 1 N–H and O–H groups in total. The Morgan fingerprint density at radius 2 is 1.82 bits per heavy atom. The highest BCUT2D eigenvalue weighted by molar-refractivity contribution is 5.98. The zero-order valence-corrected chi connectivity index (χ0v) is 13.5. The number of hydrogen-bond donors (Lipinski definition) is 1. The summed E-state index contributed by atoms with van der Waals surface area (Å²) in [5.74, 6) is 1.22. The lowest BCUT2D eigenvalue weighted by Gasteiger charge is -2.21. The Bertz CT molecular complexity index is 526. The van der Waals surface area contributed by atoms with Crippen LogP contribution in [0.25, 0.3) is 0 Å². The SMILES string of the molecule is COc1cc(OC)c(C(=O)N[C@@H](C)[C@@H]2CCCO2)cc1OC. The molecule has 0 radical (unpaired) electrons. The van der Waals surface area contributed by atoms with Gasteiger partial charge in [0.1, 0.15) is 5.75 Å². The molecular formula is C16H23NO5. The smallest absolute Gasteiger partial charge is 0.255 e. The van der Waals surface area contributed by atoms with E-state index in [0.717, 1.165) is 19.4 Å². The highest BCUT2D eigenvalue weighted by Gasteiger charge is 2.25. The number of nitrogens with one attached hydrogen (secondary N) is 1. The molecule has 6 nitrogen and oxygen atoms in total. The second kappa shape index (κ2) is 7.35. The van der Waals surface area contributed by atoms with E-state index in [0.29, 0.717) is 22.8 Å². The number of amides is 1. The van der Waals surface area contributed by atoms with Gasteiger partial charge in [-0.05, 0) is 19.8 Å². The lowest BCUT2D eigenvalue weighted by atomic mass is 10.1. The average molecular weight is 309 g/mol. The van der Waals surface area contributed by atoms with Crippen molar-refractivity contribution in [3.05, 3.63) is 17.7 Å². The van der Waals surface area contributed by atoms with Gasteiger partial charge in [0.2, 0.25) is 0 Å². The molecule has 1 saturated heterocycles. The second-order valence-corrected chi connectivity index (χ2v) is 5.22. The van der Waals surface area contributed by atoms with Gasteiger partial charge in [-0.25, -0.2) is 0 Å². The molecule has 0 spiro atoms. The van der Waals surface area contributed by atoms with Crippen LogP contribution in [-0.4, -0.2) is 46.0 Å². The molecule has 0 aliphatic carbocycles. The van der Waals surface area contributed by atoms with Crippen LogP contribution in [0.1, 0.15) is 30.1 Å². The van der Waals surface area contributed by atoms with E-state index >= 15 is 0 Å². The van der Waals surface area contributed by atoms with Crippen LogP contribution in [-0.2, 0) is 4.74 Å². The van der Waals surface area contributed by atoms with E-state index in [1.807, 2.05) is 6.92 Å². The van der Waals surface area contributed by atoms with E-state index in [1.165, 1.54) is 21.3 Å². The Balaban J connectivity index is 2.20. The Morgan fingerprint density at radius 3 is 2.36 bits per heavy atom. The molecule has 122 valence electrons. The first-order valence-corrected chi connectivity index (χ1v) is 7.33. The molecule has 1 aromatic rings. The third kappa shape index (κ3) is 3.44. The minimum absolute atomic E-state index is 0.0622. The van der Waals surface area contributed by atoms with Crippen molar-refractivity contribution in [2.24, 2.45) is 0 Å². The van der Waals surface area contributed by atoms with Crippen LogP contribution in [0.3, 0.4) is 0 Å². The summed E-state index contributed by atoms with van der Waals surface area (Å²) in [6.45, 7) is 2.70. The summed E-state index contributed by atoms with van der Waals surface area (Å²) >= 11 is 0.